The van der Waals surface area contributed by atoms with Crippen LogP contribution in [0.25, 0.3) is 0 Å². The maximum absolute atomic E-state index is 3.74. The molecule has 1 rings (SSSR count). The fraction of sp³-hybridized carbons (Fsp3) is 0.500. The molecule has 0 spiro atoms. The summed E-state index contributed by atoms with van der Waals surface area (Å²) in [6.07, 6.45) is 0. The number of nitrogens with zero attached hydrogens (tertiary/aromatic N) is 3. The summed E-state index contributed by atoms with van der Waals surface area (Å²) in [6, 6.07) is 0. The first-order valence-electron chi connectivity index (χ1n) is 1.51. The fourth-order valence-corrected chi connectivity index (χ4v) is 0.519. The van der Waals surface area contributed by atoms with Gasteiger partial charge in [0.1, 0.15) is 0 Å². The van der Waals surface area contributed by atoms with E-state index in [4.69, 9.17) is 0 Å². The van der Waals surface area contributed by atoms with E-state index in [1.165, 1.54) is 0 Å². The van der Waals surface area contributed by atoms with E-state index in [1.807, 2.05) is 6.92 Å². The van der Waals surface area contributed by atoms with Crippen molar-refractivity contribution in [3.05, 3.63) is 5.82 Å². The maximum Gasteiger partial charge on any atom is 0.163 e. The van der Waals surface area contributed by atoms with Gasteiger partial charge in [-0.3, -0.25) is 0 Å². The van der Waals surface area contributed by atoms with Crippen LogP contribution in [0.2, 0.25) is 0 Å². The second kappa shape index (κ2) is 1.30. The van der Waals surface area contributed by atoms with E-state index >= 15 is 0 Å². The van der Waals surface area contributed by atoms with E-state index in [0.717, 1.165) is 17.6 Å². The molecular weight excluding hydrogens is 98.1 g/mol. The third-order valence-corrected chi connectivity index (χ3v) is 0.896. The van der Waals surface area contributed by atoms with Crippen LogP contribution in [-0.2, 0) is 0 Å². The van der Waals surface area contributed by atoms with Gasteiger partial charge in [0.15, 0.2) is 5.82 Å². The number of hydrogen-bond acceptors (Lipinski definition) is 4. The van der Waals surface area contributed by atoms with Crippen LogP contribution >= 0.6 is 11.7 Å². The average molecular weight is 101 g/mol. The van der Waals surface area contributed by atoms with Crippen LogP contribution in [0.15, 0.2) is 0 Å². The van der Waals surface area contributed by atoms with Gasteiger partial charge in [-0.1, -0.05) is 4.49 Å². The number of hydrogen-bond donors (Lipinski definition) is 0. The van der Waals surface area contributed by atoms with Gasteiger partial charge in [-0.05, 0) is 6.92 Å². The van der Waals surface area contributed by atoms with Crippen molar-refractivity contribution in [1.82, 2.24) is 14.0 Å². The maximum atomic E-state index is 3.74. The Bertz CT molecular complexity index is 112. The zero-order valence-electron chi connectivity index (χ0n) is 3.25. The van der Waals surface area contributed by atoms with Crippen LogP contribution in [0.1, 0.15) is 5.82 Å². The Labute approximate surface area is 39.3 Å². The standard InChI is InChI=1S/C2H3N3S/c1-2-3-5-6-4-2/h1H3. The Morgan fingerprint density at radius 1 is 1.67 bits per heavy atom. The van der Waals surface area contributed by atoms with Crippen molar-refractivity contribution in [3.8, 4) is 0 Å². The Balaban J connectivity index is 3.05. The molecule has 1 aromatic rings. The Morgan fingerprint density at radius 3 is 2.67 bits per heavy atom. The Kier molecular flexibility index (Phi) is 0.795. The Hall–Kier alpha value is -0.510. The summed E-state index contributed by atoms with van der Waals surface area (Å²) in [5, 5.41) is 3.57. The molecule has 0 aliphatic carbocycles. The molecule has 1 aromatic heterocycles. The van der Waals surface area contributed by atoms with E-state index in [1.54, 1.807) is 0 Å². The molecule has 1 heterocycles. The van der Waals surface area contributed by atoms with Crippen molar-refractivity contribution in [2.45, 2.75) is 6.92 Å². The number of aromatic nitrogens is 3. The number of rotatable bonds is 0. The summed E-state index contributed by atoms with van der Waals surface area (Å²) in [4.78, 5) is 0. The summed E-state index contributed by atoms with van der Waals surface area (Å²) in [5.41, 5.74) is 0. The zero-order valence-corrected chi connectivity index (χ0v) is 4.07. The van der Waals surface area contributed by atoms with Crippen molar-refractivity contribution >= 4 is 11.7 Å². The van der Waals surface area contributed by atoms with Gasteiger partial charge in [-0.2, -0.15) is 4.37 Å². The first kappa shape index (κ1) is 3.67. The van der Waals surface area contributed by atoms with Gasteiger partial charge in [-0.25, -0.2) is 0 Å². The van der Waals surface area contributed by atoms with Crippen LogP contribution < -0.4 is 0 Å². The zero-order chi connectivity index (χ0) is 4.41. The highest BCUT2D eigenvalue weighted by Gasteiger charge is 1.80. The van der Waals surface area contributed by atoms with E-state index in [9.17, 15) is 0 Å². The molecule has 0 saturated carbocycles. The van der Waals surface area contributed by atoms with E-state index in [0.29, 0.717) is 0 Å². The highest BCUT2D eigenvalue weighted by Crippen LogP contribution is 1.81. The molecule has 0 bridgehead atoms. The molecule has 4 heteroatoms. The SMILES string of the molecule is Cc1nnsn1. The third kappa shape index (κ3) is 0.514. The van der Waals surface area contributed by atoms with Crippen LogP contribution in [0.4, 0.5) is 0 Å². The minimum atomic E-state index is 0.750. The predicted octanol–water partition coefficient (Wildman–Crippen LogP) is 0.242. The number of aryl methyl sites for hydroxylation is 1. The molecular formula is C2H3N3S. The lowest BCUT2D eigenvalue weighted by molar-refractivity contribution is 1.05. The summed E-state index contributed by atoms with van der Waals surface area (Å²) in [7, 11) is 0. The predicted molar refractivity (Wildman–Crippen MR) is 22.4 cm³/mol. The van der Waals surface area contributed by atoms with Crippen LogP contribution in [0.5, 0.6) is 0 Å². The second-order valence-electron chi connectivity index (χ2n) is 0.902. The van der Waals surface area contributed by atoms with Gasteiger partial charge in [0.2, 0.25) is 0 Å². The molecule has 0 amide bonds. The first-order chi connectivity index (χ1) is 2.89. The van der Waals surface area contributed by atoms with Crippen molar-refractivity contribution in [3.63, 3.8) is 0 Å². The molecule has 0 saturated heterocycles. The first-order valence-corrected chi connectivity index (χ1v) is 2.24. The minimum Gasteiger partial charge on any atom is -0.156 e. The molecule has 0 radical (unpaired) electrons. The molecule has 32 valence electrons. The van der Waals surface area contributed by atoms with Gasteiger partial charge in [0.25, 0.3) is 0 Å². The monoisotopic (exact) mass is 101 g/mol. The van der Waals surface area contributed by atoms with Gasteiger partial charge in [-0.15, -0.1) is 5.10 Å². The van der Waals surface area contributed by atoms with Crippen LogP contribution in [0.3, 0.4) is 0 Å². The topological polar surface area (TPSA) is 38.7 Å². The lowest BCUT2D eigenvalue weighted by Gasteiger charge is -1.59. The highest BCUT2D eigenvalue weighted by molar-refractivity contribution is 6.98. The van der Waals surface area contributed by atoms with Gasteiger partial charge in [0, 0.05) is 0 Å². The molecule has 0 unspecified atom stereocenters. The van der Waals surface area contributed by atoms with Crippen molar-refractivity contribution in [2.75, 3.05) is 0 Å². The summed E-state index contributed by atoms with van der Waals surface area (Å²) in [6.45, 7) is 1.81. The van der Waals surface area contributed by atoms with Crippen LogP contribution in [-0.4, -0.2) is 14.0 Å². The largest absolute Gasteiger partial charge is 0.163 e. The van der Waals surface area contributed by atoms with Gasteiger partial charge >= 0.3 is 0 Å². The van der Waals surface area contributed by atoms with E-state index in [2.05, 4.69) is 14.0 Å². The Morgan fingerprint density at radius 2 is 2.50 bits per heavy atom. The van der Waals surface area contributed by atoms with Crippen molar-refractivity contribution in [2.24, 2.45) is 0 Å². The molecule has 0 fully saturated rings. The third-order valence-electron chi connectivity index (χ3n) is 0.395. The molecule has 3 nitrogen and oxygen atoms in total. The quantitative estimate of drug-likeness (QED) is 0.470. The minimum absolute atomic E-state index is 0.750. The average Bonchev–Trinajstić information content (AvgIpc) is 1.86. The highest BCUT2D eigenvalue weighted by atomic mass is 32.1. The molecule has 0 N–H and O–H groups in total. The molecule has 0 aliphatic rings. The van der Waals surface area contributed by atoms with E-state index in [-0.39, 0.29) is 0 Å². The molecule has 0 aliphatic heterocycles. The van der Waals surface area contributed by atoms with Crippen molar-refractivity contribution < 1.29 is 0 Å². The molecule has 0 atom stereocenters. The van der Waals surface area contributed by atoms with Gasteiger partial charge in [0.05, 0.1) is 11.7 Å². The molecule has 6 heavy (non-hydrogen) atoms. The van der Waals surface area contributed by atoms with Gasteiger partial charge < -0.3 is 0 Å². The van der Waals surface area contributed by atoms with E-state index < -0.39 is 0 Å². The second-order valence-corrected chi connectivity index (χ2v) is 1.41. The summed E-state index contributed by atoms with van der Waals surface area (Å²) < 4.78 is 7.24. The fourth-order valence-electron chi connectivity index (χ4n) is 0.173. The lowest BCUT2D eigenvalue weighted by Crippen LogP contribution is -1.68. The van der Waals surface area contributed by atoms with Crippen molar-refractivity contribution in [1.29, 1.82) is 0 Å². The lowest BCUT2D eigenvalue weighted by atomic mass is 10.8. The summed E-state index contributed by atoms with van der Waals surface area (Å²) in [5.74, 6) is 0.750. The van der Waals surface area contributed by atoms with Crippen LogP contribution in [0, 0.1) is 6.92 Å². The molecule has 0 aromatic carbocycles. The summed E-state index contributed by atoms with van der Waals surface area (Å²) >= 11 is 1.13. The smallest absolute Gasteiger partial charge is 0.156 e. The normalized spacial score (nSPS) is 8.83.